The van der Waals surface area contributed by atoms with Gasteiger partial charge in [-0.2, -0.15) is 0 Å². The minimum atomic E-state index is -4.64. The van der Waals surface area contributed by atoms with Gasteiger partial charge in [0.25, 0.3) is 5.91 Å². The number of benzene rings is 1. The van der Waals surface area contributed by atoms with Crippen LogP contribution in [0.25, 0.3) is 0 Å². The van der Waals surface area contributed by atoms with Gasteiger partial charge in [0.05, 0.1) is 0 Å². The number of hydrogen-bond acceptors (Lipinski definition) is 3. The maximum atomic E-state index is 11.2. The van der Waals surface area contributed by atoms with E-state index in [1.54, 1.807) is 30.3 Å². The topological polar surface area (TPSA) is 144 Å². The lowest BCUT2D eigenvalue weighted by molar-refractivity contribution is -0.135. The Morgan fingerprint density at radius 2 is 1.56 bits per heavy atom. The van der Waals surface area contributed by atoms with Crippen molar-refractivity contribution < 1.29 is 33.9 Å². The van der Waals surface area contributed by atoms with E-state index < -0.39 is 13.8 Å². The Morgan fingerprint density at radius 1 is 1.11 bits per heavy atom. The molecule has 1 aromatic rings. The average molecular weight is 277 g/mol. The molecule has 9 heteroatoms. The molecule has 0 aliphatic heterocycles. The minimum absolute atomic E-state index is 0.353. The molecule has 0 aromatic heterocycles. The normalized spacial score (nSPS) is 9.94. The fourth-order valence-corrected chi connectivity index (χ4v) is 0.847. The Morgan fingerprint density at radius 3 is 1.94 bits per heavy atom. The SMILES string of the molecule is O=C(O)CNC(=O)c1ccccc1.O=P(O)(O)O. The van der Waals surface area contributed by atoms with Gasteiger partial charge in [-0.05, 0) is 12.1 Å². The summed E-state index contributed by atoms with van der Waals surface area (Å²) in [5.74, 6) is -1.42. The summed E-state index contributed by atoms with van der Waals surface area (Å²) in [5, 5.41) is 10.6. The number of hydrogen-bond donors (Lipinski definition) is 5. The molecule has 0 atom stereocenters. The fourth-order valence-electron chi connectivity index (χ4n) is 0.847. The molecule has 0 spiro atoms. The quantitative estimate of drug-likeness (QED) is 0.471. The van der Waals surface area contributed by atoms with Crippen LogP contribution in [0.5, 0.6) is 0 Å². The van der Waals surface area contributed by atoms with Crippen LogP contribution < -0.4 is 5.32 Å². The van der Waals surface area contributed by atoms with E-state index in [0.29, 0.717) is 5.56 Å². The van der Waals surface area contributed by atoms with Gasteiger partial charge in [0, 0.05) is 5.56 Å². The summed E-state index contributed by atoms with van der Waals surface area (Å²) < 4.78 is 8.88. The highest BCUT2D eigenvalue weighted by Gasteiger charge is 2.04. The van der Waals surface area contributed by atoms with E-state index in [9.17, 15) is 9.59 Å². The van der Waals surface area contributed by atoms with Crippen molar-refractivity contribution in [2.24, 2.45) is 0 Å². The molecule has 0 unspecified atom stereocenters. The van der Waals surface area contributed by atoms with Gasteiger partial charge in [-0.1, -0.05) is 18.2 Å². The second-order valence-electron chi connectivity index (χ2n) is 2.96. The van der Waals surface area contributed by atoms with E-state index in [0.717, 1.165) is 0 Å². The fraction of sp³-hybridized carbons (Fsp3) is 0.111. The molecule has 1 rings (SSSR count). The zero-order valence-electron chi connectivity index (χ0n) is 9.05. The molecular formula is C9H12NO7P. The number of carbonyl (C=O) groups excluding carboxylic acids is 1. The molecule has 5 N–H and O–H groups in total. The van der Waals surface area contributed by atoms with Crippen molar-refractivity contribution in [3.8, 4) is 0 Å². The Bertz CT molecular complexity index is 433. The van der Waals surface area contributed by atoms with Gasteiger partial charge in [-0.25, -0.2) is 4.57 Å². The largest absolute Gasteiger partial charge is 0.480 e. The molecule has 0 bridgehead atoms. The van der Waals surface area contributed by atoms with Crippen molar-refractivity contribution in [1.29, 1.82) is 0 Å². The van der Waals surface area contributed by atoms with E-state index in [-0.39, 0.29) is 12.5 Å². The van der Waals surface area contributed by atoms with Crippen LogP contribution in [-0.4, -0.2) is 38.2 Å². The molecule has 0 saturated carbocycles. The van der Waals surface area contributed by atoms with Crippen LogP contribution in [0.15, 0.2) is 30.3 Å². The molecule has 0 radical (unpaired) electrons. The number of aliphatic carboxylic acids is 1. The van der Waals surface area contributed by atoms with Crippen molar-refractivity contribution in [3.63, 3.8) is 0 Å². The van der Waals surface area contributed by atoms with Gasteiger partial charge in [-0.15, -0.1) is 0 Å². The summed E-state index contributed by atoms with van der Waals surface area (Å²) in [6.07, 6.45) is 0. The number of carboxylic acids is 1. The molecule has 18 heavy (non-hydrogen) atoms. The summed E-state index contributed by atoms with van der Waals surface area (Å²) in [6, 6.07) is 8.47. The van der Waals surface area contributed by atoms with Crippen LogP contribution in [0.2, 0.25) is 0 Å². The van der Waals surface area contributed by atoms with Crippen LogP contribution in [-0.2, 0) is 9.36 Å². The van der Waals surface area contributed by atoms with E-state index in [4.69, 9.17) is 24.4 Å². The summed E-state index contributed by atoms with van der Waals surface area (Å²) >= 11 is 0. The average Bonchev–Trinajstić information content (AvgIpc) is 2.25. The van der Waals surface area contributed by atoms with Gasteiger partial charge >= 0.3 is 13.8 Å². The first-order chi connectivity index (χ1) is 8.20. The predicted octanol–water partition coefficient (Wildman–Crippen LogP) is -0.428. The van der Waals surface area contributed by atoms with Gasteiger partial charge < -0.3 is 25.1 Å². The third kappa shape index (κ3) is 10.8. The highest BCUT2D eigenvalue weighted by molar-refractivity contribution is 7.45. The smallest absolute Gasteiger partial charge is 0.466 e. The molecular weight excluding hydrogens is 265 g/mol. The standard InChI is InChI=1S/C9H9NO3.H3O4P/c11-8(12)6-10-9(13)7-4-2-1-3-5-7;1-5(2,3)4/h1-5H,6H2,(H,10,13)(H,11,12);(H3,1,2,3,4). The molecule has 8 nitrogen and oxygen atoms in total. The molecule has 0 saturated heterocycles. The number of carboxylic acid groups (broad SMARTS) is 1. The Kier molecular flexibility index (Phi) is 6.84. The maximum Gasteiger partial charge on any atom is 0.466 e. The lowest BCUT2D eigenvalue weighted by atomic mass is 10.2. The van der Waals surface area contributed by atoms with Gasteiger partial charge in [-0.3, -0.25) is 9.59 Å². The van der Waals surface area contributed by atoms with Crippen molar-refractivity contribution in [2.45, 2.75) is 0 Å². The summed E-state index contributed by atoms with van der Waals surface area (Å²) in [6.45, 7) is -0.353. The van der Waals surface area contributed by atoms with Crippen molar-refractivity contribution in [3.05, 3.63) is 35.9 Å². The zero-order chi connectivity index (χ0) is 14.2. The van der Waals surface area contributed by atoms with Crippen LogP contribution in [0.4, 0.5) is 0 Å². The maximum absolute atomic E-state index is 11.2. The molecule has 1 amide bonds. The number of phosphoric acid groups is 1. The molecule has 0 heterocycles. The van der Waals surface area contributed by atoms with Crippen LogP contribution in [0.1, 0.15) is 10.4 Å². The first kappa shape index (κ1) is 16.3. The first-order valence-corrected chi connectivity index (χ1v) is 6.10. The monoisotopic (exact) mass is 277 g/mol. The second-order valence-corrected chi connectivity index (χ2v) is 3.98. The van der Waals surface area contributed by atoms with Gasteiger partial charge in [0.1, 0.15) is 6.54 Å². The Balaban J connectivity index is 0.000000494. The molecule has 0 aliphatic rings. The lowest BCUT2D eigenvalue weighted by Gasteiger charge is -2.00. The first-order valence-electron chi connectivity index (χ1n) is 4.53. The highest BCUT2D eigenvalue weighted by atomic mass is 31.2. The number of nitrogens with one attached hydrogen (secondary N) is 1. The van der Waals surface area contributed by atoms with Crippen molar-refractivity contribution in [1.82, 2.24) is 5.32 Å². The molecule has 100 valence electrons. The van der Waals surface area contributed by atoms with Gasteiger partial charge in [0.15, 0.2) is 0 Å². The third-order valence-electron chi connectivity index (χ3n) is 1.44. The summed E-state index contributed by atoms with van der Waals surface area (Å²) in [4.78, 5) is 42.9. The lowest BCUT2D eigenvalue weighted by Crippen LogP contribution is -2.29. The minimum Gasteiger partial charge on any atom is -0.480 e. The summed E-state index contributed by atoms with van der Waals surface area (Å²) in [7, 11) is -4.64. The van der Waals surface area contributed by atoms with E-state index >= 15 is 0 Å². The Labute approximate surface area is 102 Å². The second kappa shape index (κ2) is 7.57. The zero-order valence-corrected chi connectivity index (χ0v) is 9.95. The van der Waals surface area contributed by atoms with E-state index in [1.807, 2.05) is 0 Å². The Hall–Kier alpha value is -1.73. The third-order valence-corrected chi connectivity index (χ3v) is 1.44. The molecule has 0 aliphatic carbocycles. The highest BCUT2D eigenvalue weighted by Crippen LogP contribution is 2.25. The number of amides is 1. The van der Waals surface area contributed by atoms with E-state index in [2.05, 4.69) is 5.32 Å². The van der Waals surface area contributed by atoms with Crippen LogP contribution in [0.3, 0.4) is 0 Å². The van der Waals surface area contributed by atoms with Crippen LogP contribution in [0, 0.1) is 0 Å². The van der Waals surface area contributed by atoms with Crippen molar-refractivity contribution >= 4 is 19.7 Å². The summed E-state index contributed by atoms with van der Waals surface area (Å²) in [5.41, 5.74) is 0.462. The van der Waals surface area contributed by atoms with E-state index in [1.165, 1.54) is 0 Å². The van der Waals surface area contributed by atoms with Crippen molar-refractivity contribution in [2.75, 3.05) is 6.54 Å². The van der Waals surface area contributed by atoms with Gasteiger partial charge in [0.2, 0.25) is 0 Å². The van der Waals surface area contributed by atoms with Crippen LogP contribution >= 0.6 is 7.82 Å². The molecule has 0 fully saturated rings. The molecule has 1 aromatic carbocycles. The number of rotatable bonds is 3. The number of carbonyl (C=O) groups is 2. The predicted molar refractivity (Wildman–Crippen MR) is 60.7 cm³/mol.